The smallest absolute Gasteiger partial charge is 0.237 e. The molecule has 106 valence electrons. The molecule has 0 atom stereocenters. The van der Waals surface area contributed by atoms with E-state index in [1.165, 1.54) is 0 Å². The zero-order chi connectivity index (χ0) is 14.8. The van der Waals surface area contributed by atoms with Gasteiger partial charge in [0.05, 0.1) is 18.3 Å². The number of carbonyl (C=O) groups excluding carboxylic acids is 1. The molecule has 0 unspecified atom stereocenters. The van der Waals surface area contributed by atoms with Crippen LogP contribution < -0.4 is 0 Å². The minimum Gasteiger partial charge on any atom is -0.356 e. The van der Waals surface area contributed by atoms with Gasteiger partial charge < -0.3 is 9.42 Å². The molecule has 0 N–H and O–H groups in total. The number of carbonyl (C=O) groups is 1. The van der Waals surface area contributed by atoms with Crippen molar-refractivity contribution in [3.63, 3.8) is 0 Å². The van der Waals surface area contributed by atoms with Crippen molar-refractivity contribution in [1.82, 2.24) is 10.1 Å². The Morgan fingerprint density at radius 1 is 1.43 bits per heavy atom. The number of aromatic nitrogens is 1. The number of nitrogens with zero attached hydrogens (tertiary/aromatic N) is 3. The topological polar surface area (TPSA) is 70.1 Å². The van der Waals surface area contributed by atoms with Gasteiger partial charge in [0.2, 0.25) is 5.91 Å². The number of nitriles is 1. The lowest BCUT2D eigenvalue weighted by molar-refractivity contribution is -0.131. The third-order valence-corrected chi connectivity index (χ3v) is 3.78. The summed E-state index contributed by atoms with van der Waals surface area (Å²) >= 11 is 5.89. The maximum absolute atomic E-state index is 11.9. The molecule has 3 rings (SSSR count). The van der Waals surface area contributed by atoms with Gasteiger partial charge in [0, 0.05) is 29.1 Å². The molecule has 0 fully saturated rings. The summed E-state index contributed by atoms with van der Waals surface area (Å²) in [6.07, 6.45) is 0.542. The molecule has 0 bridgehead atoms. The predicted molar refractivity (Wildman–Crippen MR) is 76.3 cm³/mol. The van der Waals surface area contributed by atoms with Crippen LogP contribution in [0.15, 0.2) is 28.8 Å². The molecule has 0 spiro atoms. The molecule has 1 amide bonds. The standard InChI is InChI=1S/C15H12ClN3O2/c16-11-3-1-10(2-4-11)15-12-9-19(14(20)5-7-17)8-6-13(12)18-21-15/h1-4H,5-6,8-9H2. The number of amides is 1. The van der Waals surface area contributed by atoms with Crippen LogP contribution in [0.1, 0.15) is 17.7 Å². The molecule has 1 aliphatic heterocycles. The first-order valence-electron chi connectivity index (χ1n) is 6.57. The zero-order valence-corrected chi connectivity index (χ0v) is 11.9. The largest absolute Gasteiger partial charge is 0.356 e. The Bertz CT molecular complexity index is 716. The molecule has 0 radical (unpaired) electrons. The second-order valence-electron chi connectivity index (χ2n) is 4.84. The van der Waals surface area contributed by atoms with Crippen LogP contribution in [0.25, 0.3) is 11.3 Å². The first-order valence-corrected chi connectivity index (χ1v) is 6.95. The molecule has 6 heteroatoms. The van der Waals surface area contributed by atoms with E-state index >= 15 is 0 Å². The predicted octanol–water partition coefficient (Wildman–Crippen LogP) is 2.79. The van der Waals surface area contributed by atoms with Gasteiger partial charge in [0.15, 0.2) is 5.76 Å². The summed E-state index contributed by atoms with van der Waals surface area (Å²) in [4.78, 5) is 13.5. The lowest BCUT2D eigenvalue weighted by atomic mass is 10.0. The van der Waals surface area contributed by atoms with Crippen LogP contribution in [0.5, 0.6) is 0 Å². The van der Waals surface area contributed by atoms with Gasteiger partial charge >= 0.3 is 0 Å². The zero-order valence-electron chi connectivity index (χ0n) is 11.2. The van der Waals surface area contributed by atoms with E-state index in [-0.39, 0.29) is 12.3 Å². The van der Waals surface area contributed by atoms with Gasteiger partial charge in [0.1, 0.15) is 6.42 Å². The van der Waals surface area contributed by atoms with Gasteiger partial charge in [-0.25, -0.2) is 0 Å². The second-order valence-corrected chi connectivity index (χ2v) is 5.28. The third-order valence-electron chi connectivity index (χ3n) is 3.53. The van der Waals surface area contributed by atoms with Crippen LogP contribution >= 0.6 is 11.6 Å². The highest BCUT2D eigenvalue weighted by Crippen LogP contribution is 2.31. The van der Waals surface area contributed by atoms with E-state index in [4.69, 9.17) is 21.4 Å². The van der Waals surface area contributed by atoms with Gasteiger partial charge in [-0.2, -0.15) is 5.26 Å². The molecule has 5 nitrogen and oxygen atoms in total. The van der Waals surface area contributed by atoms with Gasteiger partial charge in [-0.3, -0.25) is 4.79 Å². The number of hydrogen-bond donors (Lipinski definition) is 0. The average Bonchev–Trinajstić information content (AvgIpc) is 2.91. The van der Waals surface area contributed by atoms with Crippen molar-refractivity contribution in [1.29, 1.82) is 5.26 Å². The van der Waals surface area contributed by atoms with E-state index in [0.717, 1.165) is 16.8 Å². The first-order chi connectivity index (χ1) is 10.2. The van der Waals surface area contributed by atoms with Crippen molar-refractivity contribution in [2.45, 2.75) is 19.4 Å². The summed E-state index contributed by atoms with van der Waals surface area (Å²) in [5.41, 5.74) is 2.67. The molecule has 1 aromatic heterocycles. The van der Waals surface area contributed by atoms with Crippen LogP contribution in [-0.4, -0.2) is 22.5 Å². The Kier molecular flexibility index (Phi) is 3.63. The number of rotatable bonds is 2. The van der Waals surface area contributed by atoms with Crippen LogP contribution in [0.4, 0.5) is 0 Å². The average molecular weight is 302 g/mol. The minimum atomic E-state index is -0.161. The Morgan fingerprint density at radius 2 is 2.19 bits per heavy atom. The Labute approximate surface area is 126 Å². The van der Waals surface area contributed by atoms with Crippen molar-refractivity contribution in [2.75, 3.05) is 6.54 Å². The molecule has 21 heavy (non-hydrogen) atoms. The van der Waals surface area contributed by atoms with E-state index in [1.54, 1.807) is 17.0 Å². The normalized spacial score (nSPS) is 13.6. The highest BCUT2D eigenvalue weighted by Gasteiger charge is 2.27. The van der Waals surface area contributed by atoms with Crippen molar-refractivity contribution in [3.8, 4) is 17.4 Å². The third kappa shape index (κ3) is 2.63. The van der Waals surface area contributed by atoms with Crippen molar-refractivity contribution in [2.24, 2.45) is 0 Å². The Balaban J connectivity index is 1.91. The molecule has 0 saturated carbocycles. The number of hydrogen-bond acceptors (Lipinski definition) is 4. The lowest BCUT2D eigenvalue weighted by Crippen LogP contribution is -2.35. The van der Waals surface area contributed by atoms with Crippen LogP contribution in [-0.2, 0) is 17.8 Å². The molecule has 2 aromatic rings. The monoisotopic (exact) mass is 301 g/mol. The van der Waals surface area contributed by atoms with E-state index in [9.17, 15) is 4.79 Å². The molecule has 1 aromatic carbocycles. The SMILES string of the molecule is N#CCC(=O)N1CCc2noc(-c3ccc(Cl)cc3)c2C1. The van der Waals surface area contributed by atoms with E-state index < -0.39 is 0 Å². The summed E-state index contributed by atoms with van der Waals surface area (Å²) in [6.45, 7) is 0.997. The molecular weight excluding hydrogens is 290 g/mol. The number of fused-ring (bicyclic) bond motifs is 1. The fourth-order valence-corrected chi connectivity index (χ4v) is 2.56. The fraction of sp³-hybridized carbons (Fsp3) is 0.267. The Hall–Kier alpha value is -2.32. The Morgan fingerprint density at radius 3 is 2.90 bits per heavy atom. The highest BCUT2D eigenvalue weighted by molar-refractivity contribution is 6.30. The molecule has 2 heterocycles. The van der Waals surface area contributed by atoms with Crippen molar-refractivity contribution in [3.05, 3.63) is 40.5 Å². The van der Waals surface area contributed by atoms with Crippen LogP contribution in [0, 0.1) is 11.3 Å². The van der Waals surface area contributed by atoms with Gasteiger partial charge in [-0.1, -0.05) is 16.8 Å². The summed E-state index contributed by atoms with van der Waals surface area (Å²) in [5.74, 6) is 0.502. The quantitative estimate of drug-likeness (QED) is 0.855. The van der Waals surface area contributed by atoms with Crippen molar-refractivity contribution < 1.29 is 9.32 Å². The lowest BCUT2D eigenvalue weighted by Gasteiger charge is -2.25. The van der Waals surface area contributed by atoms with Crippen molar-refractivity contribution >= 4 is 17.5 Å². The van der Waals surface area contributed by atoms with E-state index in [0.29, 0.717) is 30.3 Å². The van der Waals surface area contributed by atoms with Crippen LogP contribution in [0.3, 0.4) is 0 Å². The molecular formula is C15H12ClN3O2. The number of halogens is 1. The highest BCUT2D eigenvalue weighted by atomic mass is 35.5. The van der Waals surface area contributed by atoms with Gasteiger partial charge in [-0.15, -0.1) is 0 Å². The summed E-state index contributed by atoms with van der Waals surface area (Å²) in [7, 11) is 0. The fourth-order valence-electron chi connectivity index (χ4n) is 2.43. The van der Waals surface area contributed by atoms with Crippen LogP contribution in [0.2, 0.25) is 5.02 Å². The molecule has 1 aliphatic rings. The summed E-state index contributed by atoms with van der Waals surface area (Å²) < 4.78 is 5.44. The van der Waals surface area contributed by atoms with Gasteiger partial charge in [0.25, 0.3) is 0 Å². The first kappa shape index (κ1) is 13.7. The summed E-state index contributed by atoms with van der Waals surface area (Å²) in [5, 5.41) is 13.4. The van der Waals surface area contributed by atoms with E-state index in [1.807, 2.05) is 18.2 Å². The maximum Gasteiger partial charge on any atom is 0.237 e. The maximum atomic E-state index is 11.9. The summed E-state index contributed by atoms with van der Waals surface area (Å²) in [6, 6.07) is 9.18. The molecule has 0 aliphatic carbocycles. The molecule has 0 saturated heterocycles. The number of benzene rings is 1. The van der Waals surface area contributed by atoms with E-state index in [2.05, 4.69) is 5.16 Å². The minimum absolute atomic E-state index is 0.100. The van der Waals surface area contributed by atoms with Gasteiger partial charge in [-0.05, 0) is 24.3 Å². The second kappa shape index (κ2) is 5.58.